The number of nitrogens with two attached hydrogens (primary N) is 1. The van der Waals surface area contributed by atoms with Gasteiger partial charge in [0.05, 0.1) is 24.3 Å². The van der Waals surface area contributed by atoms with E-state index in [0.29, 0.717) is 50.5 Å². The average molecular weight is 359 g/mol. The summed E-state index contributed by atoms with van der Waals surface area (Å²) in [5.41, 5.74) is 6.40. The third kappa shape index (κ3) is 3.02. The number of carbonyl (C=O) groups excluding carboxylic acids is 1. The predicted molar refractivity (Wildman–Crippen MR) is 94.6 cm³/mol. The molecule has 1 aromatic carbocycles. The number of amides is 1. The van der Waals surface area contributed by atoms with E-state index in [1.54, 1.807) is 18.6 Å². The van der Waals surface area contributed by atoms with Crippen LogP contribution in [0.25, 0.3) is 11.3 Å². The van der Waals surface area contributed by atoms with Crippen molar-refractivity contribution in [3.63, 3.8) is 0 Å². The first kappa shape index (κ1) is 17.2. The molecule has 2 aromatic rings. The molecule has 1 aromatic heterocycles. The van der Waals surface area contributed by atoms with Gasteiger partial charge in [-0.05, 0) is 50.5 Å². The summed E-state index contributed by atoms with van der Waals surface area (Å²) < 4.78 is 31.7. The molecular weight excluding hydrogens is 336 g/mol. The number of nitrogens with zero attached hydrogens (tertiary/aromatic N) is 2. The van der Waals surface area contributed by atoms with Crippen molar-refractivity contribution in [2.24, 2.45) is 11.7 Å². The van der Waals surface area contributed by atoms with Gasteiger partial charge in [0.25, 0.3) is 0 Å². The molecule has 2 N–H and O–H groups in total. The number of hydrogen-bond donors (Lipinski definition) is 1. The van der Waals surface area contributed by atoms with Crippen LogP contribution in [-0.4, -0.2) is 21.1 Å². The molecule has 1 aliphatic heterocycles. The molecule has 6 heteroatoms. The third-order valence-electron chi connectivity index (χ3n) is 6.02. The zero-order valence-corrected chi connectivity index (χ0v) is 14.6. The van der Waals surface area contributed by atoms with Crippen LogP contribution in [0.5, 0.6) is 0 Å². The van der Waals surface area contributed by atoms with E-state index in [4.69, 9.17) is 5.73 Å². The largest absolute Gasteiger partial charge is 0.370 e. The minimum atomic E-state index is -1.25. The fourth-order valence-corrected chi connectivity index (χ4v) is 4.61. The molecule has 0 saturated heterocycles. The Balaban J connectivity index is 1.47. The lowest BCUT2D eigenvalue weighted by Gasteiger charge is -2.34. The minimum Gasteiger partial charge on any atom is -0.370 e. The van der Waals surface area contributed by atoms with Crippen LogP contribution >= 0.6 is 0 Å². The molecule has 26 heavy (non-hydrogen) atoms. The van der Waals surface area contributed by atoms with Gasteiger partial charge in [-0.25, -0.2) is 13.8 Å². The topological polar surface area (TPSA) is 60.9 Å². The Bertz CT molecular complexity index is 824. The van der Waals surface area contributed by atoms with Crippen LogP contribution in [0.3, 0.4) is 0 Å². The Hall–Kier alpha value is -2.24. The summed E-state index contributed by atoms with van der Waals surface area (Å²) in [5.74, 6) is -0.359. The molecule has 2 aliphatic rings. The number of imidazole rings is 1. The second-order valence-electron chi connectivity index (χ2n) is 7.71. The van der Waals surface area contributed by atoms with E-state index < -0.39 is 5.67 Å². The molecule has 0 spiro atoms. The quantitative estimate of drug-likeness (QED) is 0.872. The van der Waals surface area contributed by atoms with Crippen LogP contribution in [0, 0.1) is 11.7 Å². The molecule has 1 fully saturated rings. The maximum absolute atomic E-state index is 15.3. The van der Waals surface area contributed by atoms with E-state index >= 15 is 4.39 Å². The van der Waals surface area contributed by atoms with Crippen molar-refractivity contribution >= 4 is 5.91 Å². The van der Waals surface area contributed by atoms with Crippen molar-refractivity contribution in [1.29, 1.82) is 0 Å². The highest BCUT2D eigenvalue weighted by Gasteiger charge is 2.38. The van der Waals surface area contributed by atoms with Gasteiger partial charge in [0.15, 0.2) is 0 Å². The highest BCUT2D eigenvalue weighted by molar-refractivity contribution is 5.74. The van der Waals surface area contributed by atoms with Crippen molar-refractivity contribution in [3.05, 3.63) is 42.1 Å². The van der Waals surface area contributed by atoms with Crippen LogP contribution < -0.4 is 5.73 Å². The summed E-state index contributed by atoms with van der Waals surface area (Å²) in [4.78, 5) is 15.2. The molecule has 0 bridgehead atoms. The maximum Gasteiger partial charge on any atom is 0.217 e. The number of halogens is 2. The van der Waals surface area contributed by atoms with Gasteiger partial charge >= 0.3 is 0 Å². The number of aromatic nitrogens is 2. The Labute approximate surface area is 151 Å². The van der Waals surface area contributed by atoms with E-state index in [2.05, 4.69) is 4.98 Å². The zero-order valence-electron chi connectivity index (χ0n) is 14.6. The lowest BCUT2D eigenvalue weighted by molar-refractivity contribution is -0.119. The molecule has 2 heterocycles. The number of primary amides is 1. The molecule has 1 atom stereocenters. The van der Waals surface area contributed by atoms with Gasteiger partial charge < -0.3 is 10.3 Å². The van der Waals surface area contributed by atoms with E-state index in [9.17, 15) is 9.18 Å². The predicted octanol–water partition coefficient (Wildman–Crippen LogP) is 4.15. The normalized spacial score (nSPS) is 27.2. The van der Waals surface area contributed by atoms with Crippen molar-refractivity contribution in [3.8, 4) is 11.3 Å². The van der Waals surface area contributed by atoms with Gasteiger partial charge in [0, 0.05) is 17.5 Å². The van der Waals surface area contributed by atoms with Gasteiger partial charge in [-0.15, -0.1) is 0 Å². The van der Waals surface area contributed by atoms with Crippen LogP contribution in [0.2, 0.25) is 0 Å². The molecule has 4 rings (SSSR count). The maximum atomic E-state index is 15.3. The van der Waals surface area contributed by atoms with Crippen molar-refractivity contribution in [2.45, 2.75) is 56.7 Å². The second kappa shape index (κ2) is 6.49. The van der Waals surface area contributed by atoms with E-state index in [1.165, 1.54) is 6.07 Å². The molecule has 0 radical (unpaired) electrons. The van der Waals surface area contributed by atoms with E-state index in [0.717, 1.165) is 11.3 Å². The number of hydrogen-bond acceptors (Lipinski definition) is 2. The highest BCUT2D eigenvalue weighted by atomic mass is 19.1. The standard InChI is InChI=1S/C20H23F2N3O/c21-15-3-1-2-14-17-11-24-12-25(17)16(19(14)15)6-9-20(22)7-4-13(5-8-20)10-18(23)26/h1-3,11-13,16H,4-10H2,(H2,23,26). The molecule has 1 aliphatic carbocycles. The summed E-state index contributed by atoms with van der Waals surface area (Å²) in [6.45, 7) is 0. The first-order chi connectivity index (χ1) is 12.5. The van der Waals surface area contributed by atoms with Crippen molar-refractivity contribution < 1.29 is 13.6 Å². The monoisotopic (exact) mass is 359 g/mol. The summed E-state index contributed by atoms with van der Waals surface area (Å²) in [6, 6.07) is 4.85. The number of benzene rings is 1. The number of fused-ring (bicyclic) bond motifs is 3. The summed E-state index contributed by atoms with van der Waals surface area (Å²) in [7, 11) is 0. The Morgan fingerprint density at radius 1 is 1.35 bits per heavy atom. The number of alkyl halides is 1. The van der Waals surface area contributed by atoms with Gasteiger partial charge in [0.1, 0.15) is 11.5 Å². The summed E-state index contributed by atoms with van der Waals surface area (Å²) in [6.07, 6.45) is 6.96. The lowest BCUT2D eigenvalue weighted by atomic mass is 9.76. The first-order valence-electron chi connectivity index (χ1n) is 9.25. The van der Waals surface area contributed by atoms with Crippen LogP contribution in [0.1, 0.15) is 56.6 Å². The van der Waals surface area contributed by atoms with Crippen LogP contribution in [-0.2, 0) is 4.79 Å². The minimum absolute atomic E-state index is 0.196. The Morgan fingerprint density at radius 2 is 2.12 bits per heavy atom. The number of rotatable bonds is 5. The number of carbonyl (C=O) groups is 1. The average Bonchev–Trinajstić information content (AvgIpc) is 3.17. The van der Waals surface area contributed by atoms with E-state index in [1.807, 2.05) is 10.6 Å². The SMILES string of the molecule is NC(=O)CC1CCC(F)(CCC2c3c(F)cccc3-c3cncn32)CC1. The first-order valence-corrected chi connectivity index (χ1v) is 9.25. The van der Waals surface area contributed by atoms with Gasteiger partial charge in [-0.1, -0.05) is 12.1 Å². The van der Waals surface area contributed by atoms with E-state index in [-0.39, 0.29) is 23.7 Å². The molecule has 4 nitrogen and oxygen atoms in total. The Morgan fingerprint density at radius 3 is 2.85 bits per heavy atom. The smallest absolute Gasteiger partial charge is 0.217 e. The van der Waals surface area contributed by atoms with Crippen molar-refractivity contribution in [1.82, 2.24) is 9.55 Å². The van der Waals surface area contributed by atoms with Crippen molar-refractivity contribution in [2.75, 3.05) is 0 Å². The molecule has 1 saturated carbocycles. The highest BCUT2D eigenvalue weighted by Crippen LogP contribution is 2.46. The fourth-order valence-electron chi connectivity index (χ4n) is 4.61. The van der Waals surface area contributed by atoms with Gasteiger partial charge in [0.2, 0.25) is 5.91 Å². The summed E-state index contributed by atoms with van der Waals surface area (Å²) in [5, 5.41) is 0. The van der Waals surface area contributed by atoms with Gasteiger partial charge in [-0.3, -0.25) is 4.79 Å². The fraction of sp³-hybridized carbons (Fsp3) is 0.500. The lowest BCUT2D eigenvalue weighted by Crippen LogP contribution is -2.32. The Kier molecular flexibility index (Phi) is 4.29. The van der Waals surface area contributed by atoms with Crippen LogP contribution in [0.15, 0.2) is 30.7 Å². The van der Waals surface area contributed by atoms with Gasteiger partial charge in [-0.2, -0.15) is 0 Å². The zero-order chi connectivity index (χ0) is 18.3. The molecular formula is C20H23F2N3O. The molecule has 1 unspecified atom stereocenters. The molecule has 1 amide bonds. The molecule has 138 valence electrons. The second-order valence-corrected chi connectivity index (χ2v) is 7.71. The van der Waals surface area contributed by atoms with Crippen LogP contribution in [0.4, 0.5) is 8.78 Å². The summed E-state index contributed by atoms with van der Waals surface area (Å²) >= 11 is 0. The third-order valence-corrected chi connectivity index (χ3v) is 6.02.